The van der Waals surface area contributed by atoms with Crippen molar-refractivity contribution in [2.45, 2.75) is 39.5 Å². The molecule has 20 heavy (non-hydrogen) atoms. The Morgan fingerprint density at radius 2 is 2.25 bits per heavy atom. The Morgan fingerprint density at radius 3 is 2.85 bits per heavy atom. The van der Waals surface area contributed by atoms with Gasteiger partial charge in [0.2, 0.25) is 0 Å². The van der Waals surface area contributed by atoms with Gasteiger partial charge < -0.3 is 10.6 Å². The maximum absolute atomic E-state index is 12.0. The minimum atomic E-state index is -0.0147. The zero-order chi connectivity index (χ0) is 14.4. The van der Waals surface area contributed by atoms with E-state index >= 15 is 0 Å². The third-order valence-electron chi connectivity index (χ3n) is 3.94. The first-order chi connectivity index (χ1) is 9.69. The van der Waals surface area contributed by atoms with Gasteiger partial charge in [0.1, 0.15) is 5.82 Å². The molecule has 1 aliphatic carbocycles. The Morgan fingerprint density at radius 1 is 1.40 bits per heavy atom. The number of anilines is 1. The van der Waals surface area contributed by atoms with Crippen LogP contribution in [0.3, 0.4) is 0 Å². The number of rotatable bonds is 6. The fourth-order valence-corrected chi connectivity index (χ4v) is 2.74. The summed E-state index contributed by atoms with van der Waals surface area (Å²) >= 11 is 0. The molecule has 2 atom stereocenters. The van der Waals surface area contributed by atoms with E-state index in [-0.39, 0.29) is 5.91 Å². The third kappa shape index (κ3) is 4.22. The molecule has 0 aromatic carbocycles. The summed E-state index contributed by atoms with van der Waals surface area (Å²) in [4.78, 5) is 16.3. The molecule has 1 aromatic rings. The molecule has 110 valence electrons. The molecule has 2 unspecified atom stereocenters. The summed E-state index contributed by atoms with van der Waals surface area (Å²) in [7, 11) is 0. The minimum Gasteiger partial charge on any atom is -0.370 e. The number of amides is 1. The van der Waals surface area contributed by atoms with Gasteiger partial charge >= 0.3 is 0 Å². The topological polar surface area (TPSA) is 54.0 Å². The van der Waals surface area contributed by atoms with Gasteiger partial charge in [-0.05, 0) is 43.2 Å². The van der Waals surface area contributed by atoms with Crippen LogP contribution in [0.5, 0.6) is 0 Å². The maximum Gasteiger partial charge on any atom is 0.252 e. The van der Waals surface area contributed by atoms with Crippen LogP contribution in [-0.2, 0) is 0 Å². The largest absolute Gasteiger partial charge is 0.370 e. The van der Waals surface area contributed by atoms with E-state index < -0.39 is 0 Å². The van der Waals surface area contributed by atoms with Gasteiger partial charge in [-0.25, -0.2) is 4.98 Å². The number of aromatic nitrogens is 1. The highest BCUT2D eigenvalue weighted by Crippen LogP contribution is 2.29. The SMILES string of the molecule is CCCNc1ccc(C(=O)NCC2CCC(C)C2)cn1. The molecule has 4 nitrogen and oxygen atoms in total. The van der Waals surface area contributed by atoms with Crippen molar-refractivity contribution in [1.82, 2.24) is 10.3 Å². The first kappa shape index (κ1) is 14.8. The monoisotopic (exact) mass is 275 g/mol. The summed E-state index contributed by atoms with van der Waals surface area (Å²) in [6, 6.07) is 3.69. The first-order valence-corrected chi connectivity index (χ1v) is 7.67. The van der Waals surface area contributed by atoms with Gasteiger partial charge in [-0.2, -0.15) is 0 Å². The lowest BCUT2D eigenvalue weighted by atomic mass is 10.1. The van der Waals surface area contributed by atoms with E-state index in [2.05, 4.69) is 29.5 Å². The first-order valence-electron chi connectivity index (χ1n) is 7.67. The van der Waals surface area contributed by atoms with Crippen molar-refractivity contribution in [3.63, 3.8) is 0 Å². The highest BCUT2D eigenvalue weighted by Gasteiger charge is 2.21. The molecule has 1 amide bonds. The van der Waals surface area contributed by atoms with Crippen molar-refractivity contribution in [3.05, 3.63) is 23.9 Å². The minimum absolute atomic E-state index is 0.0147. The van der Waals surface area contributed by atoms with Crippen LogP contribution in [0.1, 0.15) is 49.9 Å². The van der Waals surface area contributed by atoms with Crippen molar-refractivity contribution in [2.24, 2.45) is 11.8 Å². The summed E-state index contributed by atoms with van der Waals surface area (Å²) in [5, 5.41) is 6.22. The molecule has 0 spiro atoms. The number of hydrogen-bond donors (Lipinski definition) is 2. The molecule has 1 aliphatic rings. The average Bonchev–Trinajstić information content (AvgIpc) is 2.89. The van der Waals surface area contributed by atoms with Crippen LogP contribution in [0, 0.1) is 11.8 Å². The lowest BCUT2D eigenvalue weighted by molar-refractivity contribution is 0.0947. The molecular weight excluding hydrogens is 250 g/mol. The Hall–Kier alpha value is -1.58. The Bertz CT molecular complexity index is 430. The van der Waals surface area contributed by atoms with Crippen LogP contribution >= 0.6 is 0 Å². The number of hydrogen-bond acceptors (Lipinski definition) is 3. The quantitative estimate of drug-likeness (QED) is 0.839. The van der Waals surface area contributed by atoms with Crippen LogP contribution in [-0.4, -0.2) is 24.0 Å². The van der Waals surface area contributed by atoms with Crippen molar-refractivity contribution in [3.8, 4) is 0 Å². The number of pyridine rings is 1. The highest BCUT2D eigenvalue weighted by molar-refractivity contribution is 5.94. The fraction of sp³-hybridized carbons (Fsp3) is 0.625. The molecule has 1 saturated carbocycles. The van der Waals surface area contributed by atoms with Crippen LogP contribution in [0.2, 0.25) is 0 Å². The van der Waals surface area contributed by atoms with E-state index in [1.54, 1.807) is 6.20 Å². The fourth-order valence-electron chi connectivity index (χ4n) is 2.74. The van der Waals surface area contributed by atoms with Crippen LogP contribution in [0.25, 0.3) is 0 Å². The molecular formula is C16H25N3O. The van der Waals surface area contributed by atoms with Gasteiger partial charge in [-0.1, -0.05) is 20.3 Å². The van der Waals surface area contributed by atoms with E-state index in [0.717, 1.165) is 31.2 Å². The van der Waals surface area contributed by atoms with Crippen molar-refractivity contribution in [1.29, 1.82) is 0 Å². The molecule has 1 fully saturated rings. The van der Waals surface area contributed by atoms with Gasteiger partial charge in [-0.15, -0.1) is 0 Å². The van der Waals surface area contributed by atoms with Gasteiger partial charge in [0.15, 0.2) is 0 Å². The molecule has 0 aliphatic heterocycles. The summed E-state index contributed by atoms with van der Waals surface area (Å²) < 4.78 is 0. The standard InChI is InChI=1S/C16H25N3O/c1-3-8-17-15-7-6-14(11-18-15)16(20)19-10-13-5-4-12(2)9-13/h6-7,11-13H,3-5,8-10H2,1-2H3,(H,17,18)(H,19,20). The molecule has 0 bridgehead atoms. The summed E-state index contributed by atoms with van der Waals surface area (Å²) in [5.41, 5.74) is 0.637. The van der Waals surface area contributed by atoms with E-state index in [1.807, 2.05) is 12.1 Å². The van der Waals surface area contributed by atoms with Gasteiger partial charge in [0.05, 0.1) is 5.56 Å². The van der Waals surface area contributed by atoms with E-state index in [1.165, 1.54) is 19.3 Å². The third-order valence-corrected chi connectivity index (χ3v) is 3.94. The predicted octanol–water partition coefficient (Wildman–Crippen LogP) is 3.07. The smallest absolute Gasteiger partial charge is 0.252 e. The second-order valence-corrected chi connectivity index (χ2v) is 5.85. The predicted molar refractivity (Wildman–Crippen MR) is 81.9 cm³/mol. The van der Waals surface area contributed by atoms with Gasteiger partial charge in [0, 0.05) is 19.3 Å². The van der Waals surface area contributed by atoms with Gasteiger partial charge in [0.25, 0.3) is 5.91 Å². The molecule has 2 N–H and O–H groups in total. The zero-order valence-electron chi connectivity index (χ0n) is 12.5. The highest BCUT2D eigenvalue weighted by atomic mass is 16.1. The number of carbonyl (C=O) groups is 1. The number of nitrogens with zero attached hydrogens (tertiary/aromatic N) is 1. The summed E-state index contributed by atoms with van der Waals surface area (Å²) in [6.07, 6.45) is 6.46. The average molecular weight is 275 g/mol. The second-order valence-electron chi connectivity index (χ2n) is 5.85. The molecule has 4 heteroatoms. The lowest BCUT2D eigenvalue weighted by Gasteiger charge is -2.11. The van der Waals surface area contributed by atoms with Crippen LogP contribution in [0.15, 0.2) is 18.3 Å². The normalized spacial score (nSPS) is 21.7. The molecule has 0 saturated heterocycles. The van der Waals surface area contributed by atoms with Crippen LogP contribution in [0.4, 0.5) is 5.82 Å². The van der Waals surface area contributed by atoms with Crippen molar-refractivity contribution in [2.75, 3.05) is 18.4 Å². The molecule has 1 aromatic heterocycles. The maximum atomic E-state index is 12.0. The van der Waals surface area contributed by atoms with E-state index in [4.69, 9.17) is 0 Å². The second kappa shape index (κ2) is 7.27. The number of carbonyl (C=O) groups excluding carboxylic acids is 1. The zero-order valence-corrected chi connectivity index (χ0v) is 12.5. The van der Waals surface area contributed by atoms with E-state index in [0.29, 0.717) is 11.5 Å². The van der Waals surface area contributed by atoms with Crippen molar-refractivity contribution >= 4 is 11.7 Å². The van der Waals surface area contributed by atoms with Crippen molar-refractivity contribution < 1.29 is 4.79 Å². The summed E-state index contributed by atoms with van der Waals surface area (Å²) in [5.74, 6) is 2.27. The Balaban J connectivity index is 1.80. The Kier molecular flexibility index (Phi) is 5.39. The van der Waals surface area contributed by atoms with E-state index in [9.17, 15) is 4.79 Å². The van der Waals surface area contributed by atoms with Crippen LogP contribution < -0.4 is 10.6 Å². The van der Waals surface area contributed by atoms with Gasteiger partial charge in [-0.3, -0.25) is 4.79 Å². The number of nitrogens with one attached hydrogen (secondary N) is 2. The summed E-state index contributed by atoms with van der Waals surface area (Å²) in [6.45, 7) is 6.09. The molecule has 1 heterocycles. The lowest BCUT2D eigenvalue weighted by Crippen LogP contribution is -2.28. The Labute approximate surface area is 121 Å². The molecule has 0 radical (unpaired) electrons. The molecule has 2 rings (SSSR count).